The molecule has 1 atom stereocenters. The number of hydrogen-bond acceptors (Lipinski definition) is 6. The van der Waals surface area contributed by atoms with Crippen LogP contribution in [0.2, 0.25) is 0 Å². The third-order valence-electron chi connectivity index (χ3n) is 4.39. The predicted octanol–water partition coefficient (Wildman–Crippen LogP) is 2.40. The molecule has 1 N–H and O–H groups in total. The fourth-order valence-electron chi connectivity index (χ4n) is 2.57. The van der Waals surface area contributed by atoms with E-state index in [9.17, 15) is 22.9 Å². The standard InChI is InChI=1S/C17H21FN4O5S/c1-12(14-4-5-15(18)16(10-14)27-11-13-2-3-13)20-28(25,26)9-8-21-7-6-17(19-21)22(23)24/h4-7,10,12-13,20H,2-3,8-9,11H2,1H3. The van der Waals surface area contributed by atoms with Crippen LogP contribution in [0.25, 0.3) is 0 Å². The number of nitro groups is 1. The average Bonchev–Trinajstić information content (AvgIpc) is 3.33. The van der Waals surface area contributed by atoms with Crippen molar-refractivity contribution in [3.8, 4) is 5.75 Å². The van der Waals surface area contributed by atoms with E-state index in [0.29, 0.717) is 18.1 Å². The first-order valence-corrected chi connectivity index (χ1v) is 10.5. The molecule has 1 aromatic carbocycles. The van der Waals surface area contributed by atoms with Crippen molar-refractivity contribution < 1.29 is 22.5 Å². The normalized spacial score (nSPS) is 15.4. The molecule has 0 aliphatic heterocycles. The van der Waals surface area contributed by atoms with Crippen LogP contribution in [0.15, 0.2) is 30.5 Å². The minimum absolute atomic E-state index is 0.0327. The summed E-state index contributed by atoms with van der Waals surface area (Å²) in [5.74, 6) is -0.553. The molecule has 152 valence electrons. The molecular weight excluding hydrogens is 391 g/mol. The van der Waals surface area contributed by atoms with Crippen molar-refractivity contribution in [3.63, 3.8) is 0 Å². The van der Waals surface area contributed by atoms with Crippen molar-refractivity contribution in [2.24, 2.45) is 5.92 Å². The fourth-order valence-corrected chi connectivity index (χ4v) is 3.79. The number of sulfonamides is 1. The zero-order valence-electron chi connectivity index (χ0n) is 15.2. The van der Waals surface area contributed by atoms with Gasteiger partial charge in [0.15, 0.2) is 11.6 Å². The van der Waals surface area contributed by atoms with Gasteiger partial charge in [0.2, 0.25) is 10.0 Å². The minimum Gasteiger partial charge on any atom is -0.490 e. The number of nitrogens with one attached hydrogen (secondary N) is 1. The zero-order valence-corrected chi connectivity index (χ0v) is 16.1. The average molecular weight is 412 g/mol. The maximum atomic E-state index is 13.9. The number of nitrogens with zero attached hydrogens (tertiary/aromatic N) is 3. The van der Waals surface area contributed by atoms with E-state index in [4.69, 9.17) is 4.74 Å². The molecule has 0 spiro atoms. The van der Waals surface area contributed by atoms with Crippen LogP contribution in [0.5, 0.6) is 5.75 Å². The molecular formula is C17H21FN4O5S. The summed E-state index contributed by atoms with van der Waals surface area (Å²) in [5, 5.41) is 14.3. The van der Waals surface area contributed by atoms with Crippen LogP contribution in [0, 0.1) is 21.8 Å². The summed E-state index contributed by atoms with van der Waals surface area (Å²) >= 11 is 0. The van der Waals surface area contributed by atoms with E-state index in [-0.39, 0.29) is 23.9 Å². The van der Waals surface area contributed by atoms with Gasteiger partial charge in [0.1, 0.15) is 0 Å². The van der Waals surface area contributed by atoms with E-state index >= 15 is 0 Å². The van der Waals surface area contributed by atoms with Gasteiger partial charge in [-0.3, -0.25) is 0 Å². The van der Waals surface area contributed by atoms with Crippen LogP contribution in [-0.4, -0.2) is 35.5 Å². The Morgan fingerprint density at radius 3 is 2.82 bits per heavy atom. The molecule has 1 fully saturated rings. The monoisotopic (exact) mass is 412 g/mol. The van der Waals surface area contributed by atoms with Crippen LogP contribution >= 0.6 is 0 Å². The highest BCUT2D eigenvalue weighted by atomic mass is 32.2. The molecule has 1 heterocycles. The second-order valence-electron chi connectivity index (χ2n) is 6.80. The van der Waals surface area contributed by atoms with Crippen molar-refractivity contribution in [1.82, 2.24) is 14.5 Å². The maximum absolute atomic E-state index is 13.9. The topological polar surface area (TPSA) is 116 Å². The molecule has 9 nitrogen and oxygen atoms in total. The van der Waals surface area contributed by atoms with Crippen LogP contribution in [-0.2, 0) is 16.6 Å². The summed E-state index contributed by atoms with van der Waals surface area (Å²) < 4.78 is 47.7. The first-order valence-electron chi connectivity index (χ1n) is 8.83. The molecule has 11 heteroatoms. The fraction of sp³-hybridized carbons (Fsp3) is 0.471. The van der Waals surface area contributed by atoms with Gasteiger partial charge in [0.05, 0.1) is 36.3 Å². The highest BCUT2D eigenvalue weighted by molar-refractivity contribution is 7.89. The second kappa shape index (κ2) is 8.23. The Hall–Kier alpha value is -2.53. The Labute approximate surface area is 161 Å². The van der Waals surface area contributed by atoms with Gasteiger partial charge in [-0.25, -0.2) is 17.5 Å². The summed E-state index contributed by atoms with van der Waals surface area (Å²) in [7, 11) is -3.69. The number of aromatic nitrogens is 2. The van der Waals surface area contributed by atoms with E-state index in [2.05, 4.69) is 9.82 Å². The van der Waals surface area contributed by atoms with Crippen molar-refractivity contribution in [1.29, 1.82) is 0 Å². The second-order valence-corrected chi connectivity index (χ2v) is 8.67. The third-order valence-corrected chi connectivity index (χ3v) is 5.82. The Kier molecular flexibility index (Phi) is 5.94. The van der Waals surface area contributed by atoms with Gasteiger partial charge in [-0.15, -0.1) is 0 Å². The van der Waals surface area contributed by atoms with Crippen molar-refractivity contribution in [2.45, 2.75) is 32.4 Å². The van der Waals surface area contributed by atoms with Gasteiger partial charge >= 0.3 is 5.82 Å². The molecule has 1 aliphatic carbocycles. The lowest BCUT2D eigenvalue weighted by Gasteiger charge is -2.16. The van der Waals surface area contributed by atoms with Crippen LogP contribution in [0.1, 0.15) is 31.4 Å². The minimum atomic E-state index is -3.69. The first kappa shape index (κ1) is 20.2. The molecule has 0 radical (unpaired) electrons. The van der Waals surface area contributed by atoms with E-state index in [0.717, 1.165) is 12.8 Å². The lowest BCUT2D eigenvalue weighted by molar-refractivity contribution is -0.389. The van der Waals surface area contributed by atoms with E-state index in [1.54, 1.807) is 6.92 Å². The molecule has 1 saturated carbocycles. The summed E-state index contributed by atoms with van der Waals surface area (Å²) in [6.07, 6.45) is 3.51. The van der Waals surface area contributed by atoms with Gasteiger partial charge in [0.25, 0.3) is 0 Å². The van der Waals surface area contributed by atoms with Gasteiger partial charge in [-0.2, -0.15) is 4.68 Å². The number of halogens is 1. The quantitative estimate of drug-likeness (QED) is 0.473. The van der Waals surface area contributed by atoms with E-state index < -0.39 is 26.8 Å². The highest BCUT2D eigenvalue weighted by Crippen LogP contribution is 2.31. The lowest BCUT2D eigenvalue weighted by Crippen LogP contribution is -2.31. The van der Waals surface area contributed by atoms with Gasteiger partial charge in [-0.1, -0.05) is 6.07 Å². The maximum Gasteiger partial charge on any atom is 0.389 e. The Morgan fingerprint density at radius 2 is 2.18 bits per heavy atom. The van der Waals surface area contributed by atoms with E-state index in [1.807, 2.05) is 0 Å². The molecule has 0 bridgehead atoms. The largest absolute Gasteiger partial charge is 0.490 e. The molecule has 3 rings (SSSR count). The summed E-state index contributed by atoms with van der Waals surface area (Å²) in [5.41, 5.74) is 0.575. The summed E-state index contributed by atoms with van der Waals surface area (Å²) in [6.45, 7) is 2.07. The molecule has 1 aliphatic rings. The van der Waals surface area contributed by atoms with Gasteiger partial charge in [0, 0.05) is 6.04 Å². The molecule has 28 heavy (non-hydrogen) atoms. The Morgan fingerprint density at radius 1 is 1.43 bits per heavy atom. The lowest BCUT2D eigenvalue weighted by atomic mass is 10.1. The zero-order chi connectivity index (χ0) is 20.3. The van der Waals surface area contributed by atoms with Crippen molar-refractivity contribution >= 4 is 15.8 Å². The number of benzene rings is 1. The summed E-state index contributed by atoms with van der Waals surface area (Å²) in [4.78, 5) is 9.97. The highest BCUT2D eigenvalue weighted by Gasteiger charge is 2.23. The molecule has 0 amide bonds. The summed E-state index contributed by atoms with van der Waals surface area (Å²) in [6, 6.07) is 4.86. The Balaban J connectivity index is 1.59. The van der Waals surface area contributed by atoms with Crippen molar-refractivity contribution in [3.05, 3.63) is 52.0 Å². The smallest absolute Gasteiger partial charge is 0.389 e. The molecule has 2 aromatic rings. The number of hydrogen-bond donors (Lipinski definition) is 1. The SMILES string of the molecule is CC(NS(=O)(=O)CCn1ccc([N+](=O)[O-])n1)c1ccc(F)c(OCC2CC2)c1. The van der Waals surface area contributed by atoms with Crippen LogP contribution in [0.3, 0.4) is 0 Å². The predicted molar refractivity (Wildman–Crippen MR) is 98.8 cm³/mol. The Bertz CT molecular complexity index is 958. The van der Waals surface area contributed by atoms with Crippen molar-refractivity contribution in [2.75, 3.05) is 12.4 Å². The van der Waals surface area contributed by atoms with E-state index in [1.165, 1.54) is 35.1 Å². The van der Waals surface area contributed by atoms with Crippen LogP contribution in [0.4, 0.5) is 10.2 Å². The molecule has 1 unspecified atom stereocenters. The first-order chi connectivity index (χ1) is 13.2. The number of ether oxygens (including phenoxy) is 1. The molecule has 0 saturated heterocycles. The third kappa shape index (κ3) is 5.49. The number of rotatable bonds is 10. The number of aryl methyl sites for hydroxylation is 1. The molecule has 1 aromatic heterocycles. The van der Waals surface area contributed by atoms with Gasteiger partial charge < -0.3 is 14.9 Å². The van der Waals surface area contributed by atoms with Gasteiger partial charge in [-0.05, 0) is 48.3 Å². The van der Waals surface area contributed by atoms with Crippen LogP contribution < -0.4 is 9.46 Å².